The van der Waals surface area contributed by atoms with E-state index in [4.69, 9.17) is 5.11 Å². The van der Waals surface area contributed by atoms with Crippen LogP contribution in [-0.4, -0.2) is 29.7 Å². The molecule has 6 heteroatoms. The number of benzene rings is 1. The van der Waals surface area contributed by atoms with Crippen molar-refractivity contribution in [3.05, 3.63) is 28.3 Å². The first-order valence-corrected chi connectivity index (χ1v) is 7.55. The van der Waals surface area contributed by atoms with Gasteiger partial charge in [0.05, 0.1) is 4.92 Å². The highest BCUT2D eigenvalue weighted by Crippen LogP contribution is 2.24. The molecule has 0 aliphatic rings. The van der Waals surface area contributed by atoms with Crippen LogP contribution < -0.4 is 10.6 Å². The Labute approximate surface area is 125 Å². The zero-order valence-electron chi connectivity index (χ0n) is 12.6. The highest BCUT2D eigenvalue weighted by molar-refractivity contribution is 5.63. The number of nitrogens with one attached hydrogen (secondary N) is 2. The summed E-state index contributed by atoms with van der Waals surface area (Å²) in [5.41, 5.74) is 1.64. The molecule has 0 amide bonds. The normalized spacial score (nSPS) is 10.4. The molecule has 0 aromatic heterocycles. The molecule has 0 spiro atoms. The highest BCUT2D eigenvalue weighted by Gasteiger charge is 2.09. The predicted octanol–water partition coefficient (Wildman–Crippen LogP) is 3.38. The van der Waals surface area contributed by atoms with Gasteiger partial charge in [0.15, 0.2) is 0 Å². The first-order chi connectivity index (χ1) is 10.2. The lowest BCUT2D eigenvalue weighted by molar-refractivity contribution is -0.384. The summed E-state index contributed by atoms with van der Waals surface area (Å²) < 4.78 is 0. The van der Waals surface area contributed by atoms with E-state index in [2.05, 4.69) is 17.6 Å². The number of nitrogens with zero attached hydrogens (tertiary/aromatic N) is 1. The van der Waals surface area contributed by atoms with Crippen molar-refractivity contribution >= 4 is 17.1 Å². The van der Waals surface area contributed by atoms with Crippen molar-refractivity contribution in [1.82, 2.24) is 0 Å². The Balaban J connectivity index is 2.54. The van der Waals surface area contributed by atoms with Crippen molar-refractivity contribution in [1.29, 1.82) is 0 Å². The molecule has 21 heavy (non-hydrogen) atoms. The summed E-state index contributed by atoms with van der Waals surface area (Å²) >= 11 is 0. The standard InChI is InChI=1S/C15H25N3O3/c1-2-7-16-13-10-14(12-15(11-13)18(20)21)17-8-5-3-4-6-9-19/h10-12,16-17,19H,2-9H2,1H3. The average molecular weight is 295 g/mol. The van der Waals surface area contributed by atoms with Gasteiger partial charge in [-0.05, 0) is 25.3 Å². The van der Waals surface area contributed by atoms with Crippen molar-refractivity contribution in [2.75, 3.05) is 30.3 Å². The minimum absolute atomic E-state index is 0.0962. The predicted molar refractivity (Wildman–Crippen MR) is 85.9 cm³/mol. The van der Waals surface area contributed by atoms with Crippen LogP contribution in [0.15, 0.2) is 18.2 Å². The molecule has 0 saturated heterocycles. The lowest BCUT2D eigenvalue weighted by Gasteiger charge is -2.10. The van der Waals surface area contributed by atoms with Gasteiger partial charge in [0.2, 0.25) is 0 Å². The maximum absolute atomic E-state index is 11.0. The Morgan fingerprint density at radius 2 is 1.67 bits per heavy atom. The number of nitro groups is 1. The van der Waals surface area contributed by atoms with Crippen molar-refractivity contribution in [3.8, 4) is 0 Å². The smallest absolute Gasteiger partial charge is 0.273 e. The molecule has 3 N–H and O–H groups in total. The first-order valence-electron chi connectivity index (χ1n) is 7.55. The molecule has 6 nitrogen and oxygen atoms in total. The maximum Gasteiger partial charge on any atom is 0.273 e. The number of rotatable bonds is 11. The van der Waals surface area contributed by atoms with Crippen molar-refractivity contribution in [2.45, 2.75) is 39.0 Å². The molecule has 1 rings (SSSR count). The molecule has 0 aliphatic heterocycles. The monoisotopic (exact) mass is 295 g/mol. The van der Waals surface area contributed by atoms with Crippen LogP contribution in [0.1, 0.15) is 39.0 Å². The number of aliphatic hydroxyl groups is 1. The van der Waals surface area contributed by atoms with E-state index in [1.54, 1.807) is 12.1 Å². The van der Waals surface area contributed by atoms with E-state index in [1.165, 1.54) is 0 Å². The number of aliphatic hydroxyl groups excluding tert-OH is 1. The third kappa shape index (κ3) is 6.94. The van der Waals surface area contributed by atoms with Crippen molar-refractivity contribution in [2.24, 2.45) is 0 Å². The summed E-state index contributed by atoms with van der Waals surface area (Å²) in [7, 11) is 0. The molecule has 0 saturated carbocycles. The van der Waals surface area contributed by atoms with Crippen LogP contribution in [0.5, 0.6) is 0 Å². The summed E-state index contributed by atoms with van der Waals surface area (Å²) in [6.07, 6.45) is 4.85. The molecule has 0 aliphatic carbocycles. The topological polar surface area (TPSA) is 87.4 Å². The van der Waals surface area contributed by atoms with Crippen LogP contribution in [0.25, 0.3) is 0 Å². The number of hydrogen-bond acceptors (Lipinski definition) is 5. The second-order valence-electron chi connectivity index (χ2n) is 5.02. The van der Waals surface area contributed by atoms with Crippen LogP contribution in [0, 0.1) is 10.1 Å². The molecule has 0 radical (unpaired) electrons. The number of hydrogen-bond donors (Lipinski definition) is 3. The molecule has 0 unspecified atom stereocenters. The van der Waals surface area contributed by atoms with Gasteiger partial charge in [-0.25, -0.2) is 0 Å². The summed E-state index contributed by atoms with van der Waals surface area (Å²) in [6.45, 7) is 3.86. The Morgan fingerprint density at radius 1 is 1.05 bits per heavy atom. The van der Waals surface area contributed by atoms with Gasteiger partial charge in [-0.1, -0.05) is 19.8 Å². The molecule has 0 fully saturated rings. The van der Waals surface area contributed by atoms with Crippen LogP contribution in [0.4, 0.5) is 17.1 Å². The number of anilines is 2. The number of non-ortho nitro benzene ring substituents is 1. The van der Waals surface area contributed by atoms with E-state index < -0.39 is 0 Å². The van der Waals surface area contributed by atoms with Gasteiger partial charge in [-0.3, -0.25) is 10.1 Å². The van der Waals surface area contributed by atoms with Gasteiger partial charge in [0, 0.05) is 43.2 Å². The molecule has 0 atom stereocenters. The van der Waals surface area contributed by atoms with E-state index in [9.17, 15) is 10.1 Å². The Hall–Kier alpha value is -1.82. The van der Waals surface area contributed by atoms with E-state index in [1.807, 2.05) is 6.07 Å². The molecule has 1 aromatic rings. The third-order valence-electron chi connectivity index (χ3n) is 3.12. The highest BCUT2D eigenvalue weighted by atomic mass is 16.6. The zero-order valence-corrected chi connectivity index (χ0v) is 12.6. The molecule has 0 bridgehead atoms. The fourth-order valence-corrected chi connectivity index (χ4v) is 2.01. The maximum atomic E-state index is 11.0. The van der Waals surface area contributed by atoms with Crippen LogP contribution in [0.3, 0.4) is 0 Å². The first kappa shape index (κ1) is 17.2. The second-order valence-corrected chi connectivity index (χ2v) is 5.02. The summed E-state index contributed by atoms with van der Waals surface area (Å²) in [5.74, 6) is 0. The Morgan fingerprint density at radius 3 is 2.24 bits per heavy atom. The lowest BCUT2D eigenvalue weighted by atomic mass is 10.2. The molecular formula is C15H25N3O3. The number of unbranched alkanes of at least 4 members (excludes halogenated alkanes) is 3. The SMILES string of the molecule is CCCNc1cc(NCCCCCCO)cc([N+](=O)[O-])c1. The van der Waals surface area contributed by atoms with Gasteiger partial charge < -0.3 is 15.7 Å². The van der Waals surface area contributed by atoms with E-state index >= 15 is 0 Å². The lowest BCUT2D eigenvalue weighted by Crippen LogP contribution is -2.05. The van der Waals surface area contributed by atoms with Gasteiger partial charge in [-0.15, -0.1) is 0 Å². The van der Waals surface area contributed by atoms with E-state index in [0.717, 1.165) is 56.6 Å². The minimum atomic E-state index is -0.371. The van der Waals surface area contributed by atoms with Crippen LogP contribution >= 0.6 is 0 Å². The minimum Gasteiger partial charge on any atom is -0.396 e. The fraction of sp³-hybridized carbons (Fsp3) is 0.600. The quantitative estimate of drug-likeness (QED) is 0.331. The average Bonchev–Trinajstić information content (AvgIpc) is 2.48. The third-order valence-corrected chi connectivity index (χ3v) is 3.12. The Bertz CT molecular complexity index is 438. The van der Waals surface area contributed by atoms with Gasteiger partial charge in [0.25, 0.3) is 5.69 Å². The summed E-state index contributed by atoms with van der Waals surface area (Å²) in [5, 5.41) is 26.1. The van der Waals surface area contributed by atoms with Gasteiger partial charge >= 0.3 is 0 Å². The molecular weight excluding hydrogens is 270 g/mol. The van der Waals surface area contributed by atoms with E-state index in [-0.39, 0.29) is 17.2 Å². The van der Waals surface area contributed by atoms with Crippen LogP contribution in [0.2, 0.25) is 0 Å². The molecule has 118 valence electrons. The van der Waals surface area contributed by atoms with Crippen molar-refractivity contribution in [3.63, 3.8) is 0 Å². The second kappa shape index (κ2) is 9.99. The van der Waals surface area contributed by atoms with Gasteiger partial charge in [0.1, 0.15) is 0 Å². The van der Waals surface area contributed by atoms with E-state index in [0.29, 0.717) is 0 Å². The van der Waals surface area contributed by atoms with Crippen LogP contribution in [-0.2, 0) is 0 Å². The zero-order chi connectivity index (χ0) is 15.5. The largest absolute Gasteiger partial charge is 0.396 e. The van der Waals surface area contributed by atoms with Gasteiger partial charge in [-0.2, -0.15) is 0 Å². The molecule has 0 heterocycles. The number of nitro benzene ring substituents is 1. The van der Waals surface area contributed by atoms with Crippen molar-refractivity contribution < 1.29 is 10.0 Å². The fourth-order valence-electron chi connectivity index (χ4n) is 2.01. The Kier molecular flexibility index (Phi) is 8.19. The summed E-state index contributed by atoms with van der Waals surface area (Å²) in [4.78, 5) is 10.6. The molecule has 1 aromatic carbocycles. The summed E-state index contributed by atoms with van der Waals surface area (Å²) in [6, 6.07) is 5.02.